The first kappa shape index (κ1) is 24.2. The van der Waals surface area contributed by atoms with Gasteiger partial charge in [0.25, 0.3) is 5.91 Å². The first-order chi connectivity index (χ1) is 18.0. The summed E-state index contributed by atoms with van der Waals surface area (Å²) >= 11 is 6.23. The SMILES string of the molecule is O=C(NCCN1CCCC1)c1cn2c3c(c(NCC4CCCO4)c(F)cc3c1=O)Oc1cc(Cl)ccc1-2. The van der Waals surface area contributed by atoms with Gasteiger partial charge in [-0.1, -0.05) is 11.6 Å². The lowest BCUT2D eigenvalue weighted by atomic mass is 10.1. The van der Waals surface area contributed by atoms with Crippen LogP contribution < -0.4 is 20.8 Å². The van der Waals surface area contributed by atoms with E-state index in [1.165, 1.54) is 12.3 Å². The molecule has 0 aliphatic carbocycles. The molecule has 0 radical (unpaired) electrons. The van der Waals surface area contributed by atoms with Crippen molar-refractivity contribution in [2.45, 2.75) is 31.8 Å². The van der Waals surface area contributed by atoms with Gasteiger partial charge in [0.1, 0.15) is 16.8 Å². The predicted molar refractivity (Wildman–Crippen MR) is 140 cm³/mol. The van der Waals surface area contributed by atoms with E-state index in [1.807, 2.05) is 0 Å². The second-order valence-corrected chi connectivity index (χ2v) is 10.2. The number of aromatic nitrogens is 1. The van der Waals surface area contributed by atoms with Crippen molar-refractivity contribution in [2.75, 3.05) is 44.6 Å². The molecular formula is C27H28ClFN4O4. The van der Waals surface area contributed by atoms with E-state index in [0.717, 1.165) is 45.3 Å². The molecule has 10 heteroatoms. The monoisotopic (exact) mass is 526 g/mol. The van der Waals surface area contributed by atoms with Crippen LogP contribution in [0.15, 0.2) is 35.3 Å². The summed E-state index contributed by atoms with van der Waals surface area (Å²) in [6.45, 7) is 4.28. The number of rotatable bonds is 7. The normalized spacial score (nSPS) is 18.6. The van der Waals surface area contributed by atoms with Gasteiger partial charge in [0.15, 0.2) is 17.3 Å². The molecule has 0 spiro atoms. The number of fused-ring (bicyclic) bond motifs is 2. The number of carbonyl (C=O) groups excluding carboxylic acids is 1. The van der Waals surface area contributed by atoms with Crippen molar-refractivity contribution in [2.24, 2.45) is 0 Å². The minimum absolute atomic E-state index is 0.0264. The third-order valence-electron chi connectivity index (χ3n) is 7.28. The second-order valence-electron chi connectivity index (χ2n) is 9.74. The summed E-state index contributed by atoms with van der Waals surface area (Å²) in [5.74, 6) is -0.544. The van der Waals surface area contributed by atoms with Crippen LogP contribution in [0, 0.1) is 5.82 Å². The van der Waals surface area contributed by atoms with E-state index in [0.29, 0.717) is 41.7 Å². The molecule has 1 amide bonds. The Bertz CT molecular complexity index is 1430. The summed E-state index contributed by atoms with van der Waals surface area (Å²) < 4.78 is 29.0. The first-order valence-corrected chi connectivity index (χ1v) is 13.1. The zero-order valence-electron chi connectivity index (χ0n) is 20.3. The number of anilines is 1. The number of benzene rings is 2. The molecule has 2 fully saturated rings. The highest BCUT2D eigenvalue weighted by atomic mass is 35.5. The summed E-state index contributed by atoms with van der Waals surface area (Å²) in [6.07, 6.45) is 5.65. The molecule has 37 heavy (non-hydrogen) atoms. The molecule has 3 aromatic rings. The third-order valence-corrected chi connectivity index (χ3v) is 7.51. The number of nitrogens with one attached hydrogen (secondary N) is 2. The van der Waals surface area contributed by atoms with Crippen LogP contribution in [0.25, 0.3) is 16.6 Å². The topological polar surface area (TPSA) is 84.8 Å². The van der Waals surface area contributed by atoms with Crippen LogP contribution in [-0.4, -0.2) is 60.8 Å². The van der Waals surface area contributed by atoms with Crippen LogP contribution in [0.4, 0.5) is 10.1 Å². The summed E-state index contributed by atoms with van der Waals surface area (Å²) in [6, 6.07) is 6.27. The molecular weight excluding hydrogens is 499 g/mol. The Morgan fingerprint density at radius 3 is 2.81 bits per heavy atom. The number of hydrogen-bond donors (Lipinski definition) is 2. The number of ether oxygens (including phenoxy) is 2. The highest BCUT2D eigenvalue weighted by molar-refractivity contribution is 6.30. The van der Waals surface area contributed by atoms with Gasteiger partial charge in [0.05, 0.1) is 17.2 Å². The number of nitrogens with zero attached hydrogens (tertiary/aromatic N) is 2. The van der Waals surface area contributed by atoms with Crippen molar-refractivity contribution >= 4 is 34.1 Å². The van der Waals surface area contributed by atoms with E-state index in [-0.39, 0.29) is 28.5 Å². The lowest BCUT2D eigenvalue weighted by Gasteiger charge is -2.26. The fourth-order valence-corrected chi connectivity index (χ4v) is 5.53. The molecule has 1 unspecified atom stereocenters. The molecule has 3 aliphatic heterocycles. The summed E-state index contributed by atoms with van der Waals surface area (Å²) in [7, 11) is 0. The Balaban J connectivity index is 1.41. The molecule has 194 valence electrons. The van der Waals surface area contributed by atoms with Crippen molar-refractivity contribution < 1.29 is 18.7 Å². The highest BCUT2D eigenvalue weighted by Gasteiger charge is 2.29. The van der Waals surface area contributed by atoms with Gasteiger partial charge in [0, 0.05) is 43.5 Å². The van der Waals surface area contributed by atoms with E-state index >= 15 is 4.39 Å². The summed E-state index contributed by atoms with van der Waals surface area (Å²) in [4.78, 5) is 28.8. The zero-order chi connectivity index (χ0) is 25.5. The molecule has 4 heterocycles. The first-order valence-electron chi connectivity index (χ1n) is 12.8. The number of carbonyl (C=O) groups is 1. The summed E-state index contributed by atoms with van der Waals surface area (Å²) in [5.41, 5.74) is 0.540. The molecule has 3 aliphatic rings. The minimum atomic E-state index is -0.638. The van der Waals surface area contributed by atoms with Gasteiger partial charge >= 0.3 is 0 Å². The van der Waals surface area contributed by atoms with E-state index in [1.54, 1.807) is 22.8 Å². The standard InChI is InChI=1S/C27H28ClFN4O4/c28-16-5-6-21-22(12-16)37-26-23(31-14-17-4-3-11-36-17)20(29)13-18-24(26)33(21)15-19(25(18)34)27(35)30-7-10-32-8-1-2-9-32/h5-6,12-13,15,17,31H,1-4,7-11,14H2,(H,30,35). The Hall–Kier alpha value is -3.14. The van der Waals surface area contributed by atoms with Crippen molar-refractivity contribution in [1.29, 1.82) is 0 Å². The van der Waals surface area contributed by atoms with Crippen molar-refractivity contribution in [1.82, 2.24) is 14.8 Å². The largest absolute Gasteiger partial charge is 0.451 e. The number of hydrogen-bond acceptors (Lipinski definition) is 6. The molecule has 0 saturated carbocycles. The van der Waals surface area contributed by atoms with Crippen LogP contribution in [0.2, 0.25) is 5.02 Å². The van der Waals surface area contributed by atoms with E-state index in [2.05, 4.69) is 15.5 Å². The molecule has 2 saturated heterocycles. The van der Waals surface area contributed by atoms with E-state index < -0.39 is 17.2 Å². The van der Waals surface area contributed by atoms with Crippen molar-refractivity contribution in [3.05, 3.63) is 57.1 Å². The number of amides is 1. The van der Waals surface area contributed by atoms with E-state index in [4.69, 9.17) is 21.1 Å². The molecule has 2 N–H and O–H groups in total. The average molecular weight is 527 g/mol. The van der Waals surface area contributed by atoms with E-state index in [9.17, 15) is 9.59 Å². The maximum Gasteiger partial charge on any atom is 0.256 e. The maximum atomic E-state index is 15.5. The lowest BCUT2D eigenvalue weighted by molar-refractivity contribution is 0.0948. The van der Waals surface area contributed by atoms with Gasteiger partial charge in [-0.15, -0.1) is 0 Å². The van der Waals surface area contributed by atoms with Gasteiger partial charge in [0.2, 0.25) is 5.43 Å². The van der Waals surface area contributed by atoms with Gasteiger partial charge in [-0.3, -0.25) is 9.59 Å². The Kier molecular flexibility index (Phi) is 6.52. The molecule has 1 aromatic heterocycles. The van der Waals surface area contributed by atoms with Crippen LogP contribution in [0.5, 0.6) is 11.5 Å². The second kappa shape index (κ2) is 9.96. The van der Waals surface area contributed by atoms with Gasteiger partial charge in [-0.25, -0.2) is 4.39 Å². The number of likely N-dealkylation sites (tertiary alicyclic amines) is 1. The van der Waals surface area contributed by atoms with Gasteiger partial charge in [-0.05, 0) is 57.0 Å². The molecule has 6 rings (SSSR count). The Morgan fingerprint density at radius 1 is 1.19 bits per heavy atom. The fraction of sp³-hybridized carbons (Fsp3) is 0.407. The number of pyridine rings is 1. The fourth-order valence-electron chi connectivity index (χ4n) is 5.37. The Morgan fingerprint density at radius 2 is 2.03 bits per heavy atom. The smallest absolute Gasteiger partial charge is 0.256 e. The zero-order valence-corrected chi connectivity index (χ0v) is 21.1. The maximum absolute atomic E-state index is 15.5. The minimum Gasteiger partial charge on any atom is -0.451 e. The quantitative estimate of drug-likeness (QED) is 0.373. The predicted octanol–water partition coefficient (Wildman–Crippen LogP) is 4.31. The Labute approximate surface area is 218 Å². The molecule has 2 aromatic carbocycles. The summed E-state index contributed by atoms with van der Waals surface area (Å²) in [5, 5.41) is 6.51. The third kappa shape index (κ3) is 4.56. The van der Waals surface area contributed by atoms with Crippen molar-refractivity contribution in [3.8, 4) is 17.2 Å². The van der Waals surface area contributed by atoms with Crippen LogP contribution >= 0.6 is 11.6 Å². The van der Waals surface area contributed by atoms with Crippen LogP contribution in [0.3, 0.4) is 0 Å². The van der Waals surface area contributed by atoms with Crippen LogP contribution in [-0.2, 0) is 4.74 Å². The number of halogens is 2. The van der Waals surface area contributed by atoms with Gasteiger partial charge in [-0.2, -0.15) is 0 Å². The highest BCUT2D eigenvalue weighted by Crippen LogP contribution is 2.45. The molecule has 8 nitrogen and oxygen atoms in total. The average Bonchev–Trinajstić information content (AvgIpc) is 3.59. The van der Waals surface area contributed by atoms with Crippen molar-refractivity contribution in [3.63, 3.8) is 0 Å². The molecule has 0 bridgehead atoms. The molecule has 1 atom stereocenters. The lowest BCUT2D eigenvalue weighted by Crippen LogP contribution is -2.36. The van der Waals surface area contributed by atoms with Gasteiger partial charge < -0.3 is 29.6 Å². The van der Waals surface area contributed by atoms with Crippen LogP contribution in [0.1, 0.15) is 36.0 Å².